The third kappa shape index (κ3) is 4.84. The minimum atomic E-state index is -1.70. The van der Waals surface area contributed by atoms with Crippen molar-refractivity contribution in [1.82, 2.24) is 0 Å². The van der Waals surface area contributed by atoms with E-state index in [2.05, 4.69) is 21.2 Å². The van der Waals surface area contributed by atoms with Crippen LogP contribution in [0, 0.1) is 11.2 Å². The zero-order chi connectivity index (χ0) is 31.6. The van der Waals surface area contributed by atoms with Gasteiger partial charge in [-0.3, -0.25) is 14.4 Å². The van der Waals surface area contributed by atoms with Crippen molar-refractivity contribution in [3.63, 3.8) is 0 Å². The molecule has 1 saturated heterocycles. The van der Waals surface area contributed by atoms with Crippen LogP contribution in [0.4, 0.5) is 15.8 Å². The van der Waals surface area contributed by atoms with Crippen molar-refractivity contribution >= 4 is 62.6 Å². The number of anilines is 2. The van der Waals surface area contributed by atoms with Gasteiger partial charge in [-0.15, -0.1) is 0 Å². The van der Waals surface area contributed by atoms with Gasteiger partial charge in [-0.25, -0.2) is 9.18 Å². The first-order valence-corrected chi connectivity index (χ1v) is 14.6. The van der Waals surface area contributed by atoms with Crippen molar-refractivity contribution in [1.29, 1.82) is 0 Å². The highest BCUT2D eigenvalue weighted by Crippen LogP contribution is 2.61. The van der Waals surface area contributed by atoms with E-state index < -0.39 is 58.3 Å². The van der Waals surface area contributed by atoms with Crippen molar-refractivity contribution in [2.24, 2.45) is 16.9 Å². The lowest BCUT2D eigenvalue weighted by Crippen LogP contribution is -2.51. The average molecular weight is 672 g/mol. The molecule has 0 saturated carbocycles. The highest BCUT2D eigenvalue weighted by molar-refractivity contribution is 9.10. The van der Waals surface area contributed by atoms with E-state index in [0.29, 0.717) is 16.3 Å². The second-order valence-electron chi connectivity index (χ2n) is 12.1. The molecule has 2 heterocycles. The molecule has 9 nitrogen and oxygen atoms in total. The Morgan fingerprint density at radius 2 is 1.79 bits per heavy atom. The predicted octanol–water partition coefficient (Wildman–Crippen LogP) is 5.19. The normalized spacial score (nSPS) is 22.9. The number of nitrogens with two attached hydrogens (primary N) is 2. The van der Waals surface area contributed by atoms with Gasteiger partial charge in [-0.2, -0.15) is 0 Å². The monoisotopic (exact) mass is 670 g/mol. The summed E-state index contributed by atoms with van der Waals surface area (Å²) in [7, 11) is 0. The Hall–Kier alpha value is -3.96. The fraction of sp³-hybridized carbons (Fsp3) is 0.290. The van der Waals surface area contributed by atoms with E-state index >= 15 is 4.39 Å². The number of rotatable bonds is 6. The number of aliphatic carboxylic acids is 1. The Balaban J connectivity index is 1.98. The molecular formula is C31H29BrClFN4O5. The van der Waals surface area contributed by atoms with Crippen LogP contribution in [0.3, 0.4) is 0 Å². The number of benzene rings is 3. The summed E-state index contributed by atoms with van der Waals surface area (Å²) in [5, 5.41) is 14.2. The number of fused-ring (bicyclic) bond motifs is 2. The van der Waals surface area contributed by atoms with Crippen LogP contribution in [0.25, 0.3) is 0 Å². The lowest BCUT2D eigenvalue weighted by atomic mass is 9.62. The number of amides is 3. The summed E-state index contributed by atoms with van der Waals surface area (Å²) < 4.78 is 16.2. The topological polar surface area (TPSA) is 156 Å². The molecule has 4 atom stereocenters. The molecule has 6 N–H and O–H groups in total. The van der Waals surface area contributed by atoms with E-state index in [1.807, 2.05) is 20.8 Å². The lowest BCUT2D eigenvalue weighted by Gasteiger charge is -2.40. The van der Waals surface area contributed by atoms with Gasteiger partial charge in [0.1, 0.15) is 17.3 Å². The molecule has 3 amide bonds. The summed E-state index contributed by atoms with van der Waals surface area (Å²) in [5.74, 6) is -5.70. The van der Waals surface area contributed by atoms with Crippen molar-refractivity contribution in [3.05, 3.63) is 92.2 Å². The van der Waals surface area contributed by atoms with Gasteiger partial charge in [0.2, 0.25) is 11.8 Å². The first kappa shape index (κ1) is 30.5. The summed E-state index contributed by atoms with van der Waals surface area (Å²) in [6, 6.07) is 10.6. The molecule has 2 aliphatic rings. The molecule has 3 aromatic rings. The molecule has 3 aromatic carbocycles. The quantitative estimate of drug-likeness (QED) is 0.283. The number of carbonyl (C=O) groups is 4. The van der Waals surface area contributed by atoms with Gasteiger partial charge in [-0.05, 0) is 75.3 Å². The maximum atomic E-state index is 16.1. The SMILES string of the molecule is CC(C)(C)C[C@@H]1N(c2cc(C(N)=O)ccc2C(N)=O)[C@@H](C(=O)O)[C@H](c2cccc(Br)c2F)C12C(=O)Nc1cc(Cl)ccc12. The Morgan fingerprint density at radius 1 is 1.09 bits per heavy atom. The van der Waals surface area contributed by atoms with E-state index in [0.717, 1.165) is 0 Å². The summed E-state index contributed by atoms with van der Waals surface area (Å²) in [4.78, 5) is 54.4. The number of carboxylic acid groups (broad SMARTS) is 1. The molecule has 0 bridgehead atoms. The third-order valence-electron chi connectivity index (χ3n) is 8.22. The summed E-state index contributed by atoms with van der Waals surface area (Å²) in [6.45, 7) is 5.77. The largest absolute Gasteiger partial charge is 0.480 e. The standard InChI is InChI=1S/C31H29BrClFN4O5/c1-30(2,3)13-22-31(18-10-8-15(33)12-20(18)37-29(31)43)23(17-5-4-6-19(32)24(17)34)25(28(41)42)38(22)21-11-14(26(35)39)7-9-16(21)27(36)40/h4-12,22-23,25H,13H2,1-3H3,(H2,35,39)(H2,36,40)(H,37,43)(H,41,42)/t22-,23-,25+,31?/m0/s1. The van der Waals surface area contributed by atoms with Crippen LogP contribution in [0.5, 0.6) is 0 Å². The number of carbonyl (C=O) groups excluding carboxylic acids is 3. The number of carboxylic acids is 1. The van der Waals surface area contributed by atoms with Crippen LogP contribution in [-0.4, -0.2) is 40.9 Å². The molecule has 5 rings (SSSR count). The van der Waals surface area contributed by atoms with Crippen molar-refractivity contribution in [3.8, 4) is 0 Å². The first-order chi connectivity index (χ1) is 20.1. The molecule has 12 heteroatoms. The summed E-state index contributed by atoms with van der Waals surface area (Å²) >= 11 is 9.51. The number of hydrogen-bond donors (Lipinski definition) is 4. The van der Waals surface area contributed by atoms with E-state index in [-0.39, 0.29) is 33.3 Å². The van der Waals surface area contributed by atoms with E-state index in [4.69, 9.17) is 23.1 Å². The van der Waals surface area contributed by atoms with Gasteiger partial charge in [0, 0.05) is 28.2 Å². The minimum absolute atomic E-state index is 0.00190. The molecule has 224 valence electrons. The van der Waals surface area contributed by atoms with Gasteiger partial charge < -0.3 is 26.8 Å². The fourth-order valence-electron chi connectivity index (χ4n) is 6.70. The lowest BCUT2D eigenvalue weighted by molar-refractivity contribution is -0.139. The summed E-state index contributed by atoms with van der Waals surface area (Å²) in [5.41, 5.74) is 9.82. The number of nitrogens with zero attached hydrogens (tertiary/aromatic N) is 1. The molecule has 2 aliphatic heterocycles. The number of nitrogens with one attached hydrogen (secondary N) is 1. The first-order valence-electron chi connectivity index (χ1n) is 13.4. The van der Waals surface area contributed by atoms with Crippen molar-refractivity contribution < 1.29 is 28.7 Å². The van der Waals surface area contributed by atoms with Gasteiger partial charge in [0.05, 0.1) is 15.7 Å². The van der Waals surface area contributed by atoms with Gasteiger partial charge in [0.15, 0.2) is 0 Å². The molecule has 1 unspecified atom stereocenters. The molecule has 1 spiro atoms. The van der Waals surface area contributed by atoms with Crippen LogP contribution in [0.1, 0.15) is 65.0 Å². The van der Waals surface area contributed by atoms with Gasteiger partial charge in [0.25, 0.3) is 5.91 Å². The van der Waals surface area contributed by atoms with Crippen LogP contribution in [0.15, 0.2) is 59.1 Å². The van der Waals surface area contributed by atoms with E-state index in [1.54, 1.807) is 24.3 Å². The molecule has 0 aromatic heterocycles. The van der Waals surface area contributed by atoms with Crippen molar-refractivity contribution in [2.45, 2.75) is 50.6 Å². The van der Waals surface area contributed by atoms with Crippen LogP contribution >= 0.6 is 27.5 Å². The maximum Gasteiger partial charge on any atom is 0.327 e. The second-order valence-corrected chi connectivity index (χ2v) is 13.4. The number of primary amides is 2. The molecule has 43 heavy (non-hydrogen) atoms. The molecule has 0 radical (unpaired) electrons. The number of hydrogen-bond acceptors (Lipinski definition) is 5. The molecular weight excluding hydrogens is 643 g/mol. The van der Waals surface area contributed by atoms with E-state index in [9.17, 15) is 24.3 Å². The Kier molecular flexibility index (Phi) is 7.55. The minimum Gasteiger partial charge on any atom is -0.480 e. The molecule has 0 aliphatic carbocycles. The highest BCUT2D eigenvalue weighted by atomic mass is 79.9. The fourth-order valence-corrected chi connectivity index (χ4v) is 7.25. The van der Waals surface area contributed by atoms with Crippen LogP contribution in [0.2, 0.25) is 5.02 Å². The second kappa shape index (κ2) is 10.6. The number of halogens is 3. The summed E-state index contributed by atoms with van der Waals surface area (Å²) in [6.07, 6.45) is 0.206. The van der Waals surface area contributed by atoms with Crippen molar-refractivity contribution in [2.75, 3.05) is 10.2 Å². The molecule has 1 fully saturated rings. The van der Waals surface area contributed by atoms with Gasteiger partial charge >= 0.3 is 5.97 Å². The Bertz CT molecular complexity index is 1710. The highest BCUT2D eigenvalue weighted by Gasteiger charge is 2.69. The third-order valence-corrected chi connectivity index (χ3v) is 9.07. The zero-order valence-electron chi connectivity index (χ0n) is 23.5. The van der Waals surface area contributed by atoms with Crippen LogP contribution in [-0.2, 0) is 15.0 Å². The Labute approximate surface area is 260 Å². The smallest absolute Gasteiger partial charge is 0.327 e. The maximum absolute atomic E-state index is 16.1. The average Bonchev–Trinajstić information content (AvgIpc) is 3.35. The van der Waals surface area contributed by atoms with Gasteiger partial charge in [-0.1, -0.05) is 50.6 Å². The Morgan fingerprint density at radius 3 is 2.40 bits per heavy atom. The van der Waals surface area contributed by atoms with E-state index in [1.165, 1.54) is 35.2 Å². The van der Waals surface area contributed by atoms with Crippen LogP contribution < -0.4 is 21.7 Å². The predicted molar refractivity (Wildman–Crippen MR) is 164 cm³/mol. The zero-order valence-corrected chi connectivity index (χ0v) is 25.8.